The van der Waals surface area contributed by atoms with Crippen molar-refractivity contribution in [1.82, 2.24) is 0 Å². The Labute approximate surface area is 124 Å². The topological polar surface area (TPSA) is 20.2 Å². The van der Waals surface area contributed by atoms with E-state index in [-0.39, 0.29) is 6.10 Å². The molecule has 5 fully saturated rings. The van der Waals surface area contributed by atoms with E-state index in [0.717, 1.165) is 29.6 Å². The highest BCUT2D eigenvalue weighted by Crippen LogP contribution is 2.62. The molecule has 0 heterocycles. The zero-order chi connectivity index (χ0) is 13.9. The molecule has 1 N–H and O–H groups in total. The normalized spacial score (nSPS) is 56.0. The van der Waals surface area contributed by atoms with Crippen LogP contribution in [-0.2, 0) is 0 Å². The van der Waals surface area contributed by atoms with Crippen molar-refractivity contribution < 1.29 is 5.11 Å². The van der Waals surface area contributed by atoms with Gasteiger partial charge in [0, 0.05) is 0 Å². The Morgan fingerprint density at radius 3 is 1.65 bits per heavy atom. The highest BCUT2D eigenvalue weighted by atomic mass is 16.3. The van der Waals surface area contributed by atoms with Crippen LogP contribution in [0.15, 0.2) is 0 Å². The molecular weight excluding hydrogens is 244 g/mol. The minimum atomic E-state index is 0.0149. The fraction of sp³-hybridized carbons (Fsp3) is 1.00. The third-order valence-electron chi connectivity index (χ3n) is 7.37. The van der Waals surface area contributed by atoms with Crippen LogP contribution < -0.4 is 0 Å². The van der Waals surface area contributed by atoms with E-state index >= 15 is 0 Å². The van der Waals surface area contributed by atoms with Gasteiger partial charge in [-0.25, -0.2) is 0 Å². The van der Waals surface area contributed by atoms with E-state index in [9.17, 15) is 5.11 Å². The first kappa shape index (κ1) is 13.6. The summed E-state index contributed by atoms with van der Waals surface area (Å²) in [6.07, 6.45) is 12.5. The molecule has 0 spiro atoms. The molecule has 114 valence electrons. The van der Waals surface area contributed by atoms with Gasteiger partial charge < -0.3 is 5.11 Å². The summed E-state index contributed by atoms with van der Waals surface area (Å²) in [6.45, 7) is 4.80. The highest BCUT2D eigenvalue weighted by Gasteiger charge is 2.55. The van der Waals surface area contributed by atoms with Gasteiger partial charge in [-0.2, -0.15) is 0 Å². The molecular formula is C19H32O. The second kappa shape index (κ2) is 4.73. The van der Waals surface area contributed by atoms with Gasteiger partial charge in [-0.3, -0.25) is 0 Å². The molecule has 5 aliphatic rings. The monoisotopic (exact) mass is 276 g/mol. The summed E-state index contributed by atoms with van der Waals surface area (Å²) in [5.41, 5.74) is 0.343. The van der Waals surface area contributed by atoms with Crippen molar-refractivity contribution in [2.24, 2.45) is 40.9 Å². The number of aliphatic hydroxyl groups is 1. The Hall–Kier alpha value is -0.0400. The van der Waals surface area contributed by atoms with Crippen molar-refractivity contribution in [3.63, 3.8) is 0 Å². The van der Waals surface area contributed by atoms with E-state index in [1.807, 2.05) is 0 Å². The maximum absolute atomic E-state index is 11.3. The van der Waals surface area contributed by atoms with Crippen LogP contribution in [0.5, 0.6) is 0 Å². The summed E-state index contributed by atoms with van der Waals surface area (Å²) in [7, 11) is 0. The standard InChI is InChI=1S/C19H32O/c1-12-3-13(2)5-17(4-12)18(20)19-9-14-6-15(10-19)8-16(7-14)11-19/h12-18,20H,3-11H2,1-2H3. The summed E-state index contributed by atoms with van der Waals surface area (Å²) in [5.74, 6) is 5.16. The van der Waals surface area contributed by atoms with Crippen LogP contribution in [0.25, 0.3) is 0 Å². The van der Waals surface area contributed by atoms with E-state index in [1.54, 1.807) is 0 Å². The minimum Gasteiger partial charge on any atom is -0.392 e. The van der Waals surface area contributed by atoms with Gasteiger partial charge in [0.2, 0.25) is 0 Å². The van der Waals surface area contributed by atoms with E-state index in [2.05, 4.69) is 13.8 Å². The van der Waals surface area contributed by atoms with Gasteiger partial charge in [0.05, 0.1) is 6.10 Å². The average molecular weight is 276 g/mol. The summed E-state index contributed by atoms with van der Waals surface area (Å²) < 4.78 is 0. The van der Waals surface area contributed by atoms with E-state index in [1.165, 1.54) is 57.8 Å². The maximum Gasteiger partial charge on any atom is 0.0625 e. The largest absolute Gasteiger partial charge is 0.392 e. The molecule has 5 aliphatic carbocycles. The quantitative estimate of drug-likeness (QED) is 0.779. The van der Waals surface area contributed by atoms with Crippen molar-refractivity contribution >= 4 is 0 Å². The zero-order valence-electron chi connectivity index (χ0n) is 13.4. The molecule has 0 aromatic rings. The Morgan fingerprint density at radius 2 is 1.20 bits per heavy atom. The van der Waals surface area contributed by atoms with Crippen molar-refractivity contribution in [2.45, 2.75) is 77.7 Å². The summed E-state index contributed by atoms with van der Waals surface area (Å²) >= 11 is 0. The Kier molecular flexibility index (Phi) is 3.22. The number of hydrogen-bond donors (Lipinski definition) is 1. The molecule has 0 amide bonds. The molecule has 1 heteroatoms. The molecule has 0 saturated heterocycles. The lowest BCUT2D eigenvalue weighted by molar-refractivity contribution is -0.145. The lowest BCUT2D eigenvalue weighted by atomic mass is 9.46. The molecule has 5 rings (SSSR count). The number of rotatable bonds is 2. The fourth-order valence-electron chi connectivity index (χ4n) is 7.31. The zero-order valence-corrected chi connectivity index (χ0v) is 13.4. The first-order valence-corrected chi connectivity index (χ1v) is 9.22. The smallest absolute Gasteiger partial charge is 0.0625 e. The summed E-state index contributed by atoms with van der Waals surface area (Å²) in [5, 5.41) is 11.3. The van der Waals surface area contributed by atoms with Gasteiger partial charge in [0.15, 0.2) is 0 Å². The van der Waals surface area contributed by atoms with E-state index in [0.29, 0.717) is 11.3 Å². The summed E-state index contributed by atoms with van der Waals surface area (Å²) in [4.78, 5) is 0. The Bertz CT molecular complexity index is 329. The fourth-order valence-corrected chi connectivity index (χ4v) is 7.31. The van der Waals surface area contributed by atoms with Crippen molar-refractivity contribution in [1.29, 1.82) is 0 Å². The number of hydrogen-bond acceptors (Lipinski definition) is 1. The van der Waals surface area contributed by atoms with Crippen molar-refractivity contribution in [3.8, 4) is 0 Å². The van der Waals surface area contributed by atoms with Crippen molar-refractivity contribution in [2.75, 3.05) is 0 Å². The van der Waals surface area contributed by atoms with Gasteiger partial charge in [-0.15, -0.1) is 0 Å². The Balaban J connectivity index is 1.54. The molecule has 0 aromatic heterocycles. The van der Waals surface area contributed by atoms with Crippen LogP contribution in [0.2, 0.25) is 0 Å². The SMILES string of the molecule is CC1CC(C)CC(C(O)C23CC4CC(CC(C4)C2)C3)C1. The Morgan fingerprint density at radius 1 is 0.750 bits per heavy atom. The number of aliphatic hydroxyl groups excluding tert-OH is 1. The second-order valence-electron chi connectivity index (χ2n) is 9.40. The molecule has 4 bridgehead atoms. The van der Waals surface area contributed by atoms with Gasteiger partial charge >= 0.3 is 0 Å². The molecule has 3 atom stereocenters. The predicted octanol–water partition coefficient (Wildman–Crippen LogP) is 4.64. The minimum absolute atomic E-state index is 0.0149. The van der Waals surface area contributed by atoms with Crippen LogP contribution in [0.3, 0.4) is 0 Å². The molecule has 3 unspecified atom stereocenters. The van der Waals surface area contributed by atoms with E-state index in [4.69, 9.17) is 0 Å². The molecule has 20 heavy (non-hydrogen) atoms. The van der Waals surface area contributed by atoms with Gasteiger partial charge in [0.1, 0.15) is 0 Å². The van der Waals surface area contributed by atoms with Gasteiger partial charge in [0.25, 0.3) is 0 Å². The molecule has 0 radical (unpaired) electrons. The maximum atomic E-state index is 11.3. The second-order valence-corrected chi connectivity index (χ2v) is 9.40. The lowest BCUT2D eigenvalue weighted by Crippen LogP contribution is -2.54. The van der Waals surface area contributed by atoms with E-state index < -0.39 is 0 Å². The van der Waals surface area contributed by atoms with Crippen LogP contribution in [-0.4, -0.2) is 11.2 Å². The molecule has 0 aliphatic heterocycles. The van der Waals surface area contributed by atoms with Crippen LogP contribution >= 0.6 is 0 Å². The average Bonchev–Trinajstić information content (AvgIpc) is 2.35. The molecule has 0 aromatic carbocycles. The summed E-state index contributed by atoms with van der Waals surface area (Å²) in [6, 6.07) is 0. The predicted molar refractivity (Wildman–Crippen MR) is 82.3 cm³/mol. The first-order valence-electron chi connectivity index (χ1n) is 9.22. The van der Waals surface area contributed by atoms with Crippen molar-refractivity contribution in [3.05, 3.63) is 0 Å². The van der Waals surface area contributed by atoms with Crippen LogP contribution in [0.1, 0.15) is 71.6 Å². The van der Waals surface area contributed by atoms with Gasteiger partial charge in [-0.1, -0.05) is 13.8 Å². The molecule has 1 nitrogen and oxygen atoms in total. The van der Waals surface area contributed by atoms with Crippen LogP contribution in [0, 0.1) is 40.9 Å². The first-order chi connectivity index (χ1) is 9.54. The van der Waals surface area contributed by atoms with Crippen LogP contribution in [0.4, 0.5) is 0 Å². The van der Waals surface area contributed by atoms with Gasteiger partial charge in [-0.05, 0) is 98.7 Å². The molecule has 5 saturated carbocycles. The lowest BCUT2D eigenvalue weighted by Gasteiger charge is -2.60. The third-order valence-corrected chi connectivity index (χ3v) is 7.37. The highest BCUT2D eigenvalue weighted by molar-refractivity contribution is 5.05. The third kappa shape index (κ3) is 2.16.